The summed E-state index contributed by atoms with van der Waals surface area (Å²) in [7, 11) is 3.08. The van der Waals surface area contributed by atoms with E-state index < -0.39 is 5.97 Å². The first-order chi connectivity index (χ1) is 9.06. The van der Waals surface area contributed by atoms with Crippen LogP contribution in [0.15, 0.2) is 22.7 Å². The molecular weight excluding hydrogens is 316 g/mol. The zero-order chi connectivity index (χ0) is 14.0. The molecule has 0 amide bonds. The number of aromatic nitrogens is 2. The minimum atomic E-state index is -1.07. The lowest BCUT2D eigenvalue weighted by Gasteiger charge is -2.10. The highest BCUT2D eigenvalue weighted by Gasteiger charge is 2.16. The van der Waals surface area contributed by atoms with Gasteiger partial charge in [0.25, 0.3) is 0 Å². The van der Waals surface area contributed by atoms with Crippen LogP contribution in [0.4, 0.5) is 0 Å². The van der Waals surface area contributed by atoms with Crippen molar-refractivity contribution in [2.24, 2.45) is 0 Å². The Balaban J connectivity index is 2.58. The summed E-state index contributed by atoms with van der Waals surface area (Å²) in [6.45, 7) is 0. The van der Waals surface area contributed by atoms with Crippen LogP contribution in [0.3, 0.4) is 0 Å². The molecule has 0 saturated heterocycles. The van der Waals surface area contributed by atoms with E-state index in [-0.39, 0.29) is 5.69 Å². The van der Waals surface area contributed by atoms with Gasteiger partial charge in [-0.05, 0) is 34.1 Å². The number of aromatic amines is 1. The van der Waals surface area contributed by atoms with Crippen molar-refractivity contribution >= 4 is 21.9 Å². The van der Waals surface area contributed by atoms with Gasteiger partial charge in [-0.1, -0.05) is 0 Å². The van der Waals surface area contributed by atoms with Crippen molar-refractivity contribution in [1.29, 1.82) is 0 Å². The highest BCUT2D eigenvalue weighted by atomic mass is 79.9. The van der Waals surface area contributed by atoms with E-state index in [0.717, 1.165) is 0 Å². The Morgan fingerprint density at radius 2 is 2.05 bits per heavy atom. The van der Waals surface area contributed by atoms with Gasteiger partial charge in [-0.3, -0.25) is 5.10 Å². The number of carbonyl (C=O) groups is 1. The van der Waals surface area contributed by atoms with Crippen LogP contribution >= 0.6 is 15.9 Å². The SMILES string of the molecule is COc1cc(Br)c(OC)c(-c2cc(C(=O)O)[nH]n2)c1. The second kappa shape index (κ2) is 5.31. The van der Waals surface area contributed by atoms with Crippen molar-refractivity contribution in [2.75, 3.05) is 14.2 Å². The number of H-pyrrole nitrogens is 1. The Labute approximate surface area is 117 Å². The van der Waals surface area contributed by atoms with E-state index >= 15 is 0 Å². The number of carboxylic acids is 1. The van der Waals surface area contributed by atoms with Crippen LogP contribution in [0.1, 0.15) is 10.5 Å². The number of hydrogen-bond donors (Lipinski definition) is 2. The van der Waals surface area contributed by atoms with Gasteiger partial charge < -0.3 is 14.6 Å². The molecular formula is C12H11BrN2O4. The number of nitrogens with one attached hydrogen (secondary N) is 1. The monoisotopic (exact) mass is 326 g/mol. The molecule has 0 spiro atoms. The van der Waals surface area contributed by atoms with Crippen LogP contribution in [-0.4, -0.2) is 35.5 Å². The smallest absolute Gasteiger partial charge is 0.353 e. The fraction of sp³-hybridized carbons (Fsp3) is 0.167. The summed E-state index contributed by atoms with van der Waals surface area (Å²) in [5.74, 6) is 0.103. The maximum absolute atomic E-state index is 10.9. The van der Waals surface area contributed by atoms with Crippen molar-refractivity contribution in [3.05, 3.63) is 28.4 Å². The molecule has 1 aromatic carbocycles. The first-order valence-corrected chi connectivity index (χ1v) is 6.06. The maximum atomic E-state index is 10.9. The van der Waals surface area contributed by atoms with Crippen molar-refractivity contribution in [3.8, 4) is 22.8 Å². The molecule has 0 saturated carbocycles. The van der Waals surface area contributed by atoms with Gasteiger partial charge in [0, 0.05) is 5.56 Å². The molecule has 1 heterocycles. The zero-order valence-corrected chi connectivity index (χ0v) is 11.8. The normalized spacial score (nSPS) is 10.3. The largest absolute Gasteiger partial charge is 0.497 e. The molecule has 0 atom stereocenters. The Morgan fingerprint density at radius 3 is 2.58 bits per heavy atom. The fourth-order valence-electron chi connectivity index (χ4n) is 1.65. The lowest BCUT2D eigenvalue weighted by Crippen LogP contribution is -1.95. The third-order valence-corrected chi connectivity index (χ3v) is 3.13. The summed E-state index contributed by atoms with van der Waals surface area (Å²) in [4.78, 5) is 10.9. The first-order valence-electron chi connectivity index (χ1n) is 5.27. The zero-order valence-electron chi connectivity index (χ0n) is 10.2. The number of hydrogen-bond acceptors (Lipinski definition) is 4. The fourth-order valence-corrected chi connectivity index (χ4v) is 2.25. The van der Waals surface area contributed by atoms with Gasteiger partial charge in [-0.2, -0.15) is 5.10 Å². The van der Waals surface area contributed by atoms with Crippen LogP contribution in [0.5, 0.6) is 11.5 Å². The molecule has 1 aromatic heterocycles. The number of methoxy groups -OCH3 is 2. The van der Waals surface area contributed by atoms with Crippen LogP contribution in [0, 0.1) is 0 Å². The summed E-state index contributed by atoms with van der Waals surface area (Å²) >= 11 is 3.37. The third-order valence-electron chi connectivity index (χ3n) is 2.54. The third kappa shape index (κ3) is 2.55. The molecule has 0 radical (unpaired) electrons. The number of halogens is 1. The molecule has 6 nitrogen and oxygen atoms in total. The Bertz CT molecular complexity index is 624. The Hall–Kier alpha value is -2.02. The molecule has 7 heteroatoms. The highest BCUT2D eigenvalue weighted by molar-refractivity contribution is 9.10. The molecule has 0 fully saturated rings. The maximum Gasteiger partial charge on any atom is 0.353 e. The molecule has 0 unspecified atom stereocenters. The van der Waals surface area contributed by atoms with Crippen molar-refractivity contribution in [3.63, 3.8) is 0 Å². The standard InChI is InChI=1S/C12H11BrN2O4/c1-18-6-3-7(11(19-2)8(13)4-6)9-5-10(12(16)17)15-14-9/h3-5H,1-2H3,(H,14,15)(H,16,17). The van der Waals surface area contributed by atoms with Crippen molar-refractivity contribution < 1.29 is 19.4 Å². The summed E-state index contributed by atoms with van der Waals surface area (Å²) in [6, 6.07) is 4.92. The average Bonchev–Trinajstić information content (AvgIpc) is 2.87. The predicted molar refractivity (Wildman–Crippen MR) is 71.8 cm³/mol. The molecule has 0 aliphatic rings. The van der Waals surface area contributed by atoms with Gasteiger partial charge in [0.15, 0.2) is 0 Å². The van der Waals surface area contributed by atoms with E-state index in [0.29, 0.717) is 27.2 Å². The molecule has 0 aliphatic heterocycles. The van der Waals surface area contributed by atoms with Crippen molar-refractivity contribution in [1.82, 2.24) is 10.2 Å². The van der Waals surface area contributed by atoms with E-state index in [4.69, 9.17) is 14.6 Å². The van der Waals surface area contributed by atoms with Crippen LogP contribution in [-0.2, 0) is 0 Å². The lowest BCUT2D eigenvalue weighted by molar-refractivity contribution is 0.0690. The van der Waals surface area contributed by atoms with E-state index in [2.05, 4.69) is 26.1 Å². The summed E-state index contributed by atoms with van der Waals surface area (Å²) in [5, 5.41) is 15.3. The van der Waals surface area contributed by atoms with Gasteiger partial charge in [0.1, 0.15) is 17.2 Å². The van der Waals surface area contributed by atoms with Gasteiger partial charge >= 0.3 is 5.97 Å². The van der Waals surface area contributed by atoms with E-state index in [9.17, 15) is 4.79 Å². The van der Waals surface area contributed by atoms with Crippen LogP contribution in [0.2, 0.25) is 0 Å². The second-order valence-electron chi connectivity index (χ2n) is 3.66. The average molecular weight is 327 g/mol. The first kappa shape index (κ1) is 13.4. The van der Waals surface area contributed by atoms with Gasteiger partial charge in [0.2, 0.25) is 0 Å². The van der Waals surface area contributed by atoms with Gasteiger partial charge in [-0.15, -0.1) is 0 Å². The summed E-state index contributed by atoms with van der Waals surface area (Å²) < 4.78 is 11.2. The quantitative estimate of drug-likeness (QED) is 0.901. The summed E-state index contributed by atoms with van der Waals surface area (Å²) in [6.07, 6.45) is 0. The topological polar surface area (TPSA) is 84.4 Å². The minimum absolute atomic E-state index is 0.0102. The predicted octanol–water partition coefficient (Wildman–Crippen LogP) is 2.55. The van der Waals surface area contributed by atoms with Gasteiger partial charge in [-0.25, -0.2) is 4.79 Å². The molecule has 2 N–H and O–H groups in total. The van der Waals surface area contributed by atoms with Crippen molar-refractivity contribution in [2.45, 2.75) is 0 Å². The molecule has 0 bridgehead atoms. The number of benzene rings is 1. The molecule has 100 valence electrons. The number of ether oxygens (including phenoxy) is 2. The van der Waals surface area contributed by atoms with E-state index in [1.54, 1.807) is 19.2 Å². The molecule has 0 aliphatic carbocycles. The highest BCUT2D eigenvalue weighted by Crippen LogP contribution is 2.39. The Morgan fingerprint density at radius 1 is 1.32 bits per heavy atom. The number of nitrogens with zero attached hydrogens (tertiary/aromatic N) is 1. The summed E-state index contributed by atoms with van der Waals surface area (Å²) in [5.41, 5.74) is 1.11. The molecule has 2 aromatic rings. The Kier molecular flexibility index (Phi) is 3.75. The lowest BCUT2D eigenvalue weighted by atomic mass is 10.1. The number of rotatable bonds is 4. The van der Waals surface area contributed by atoms with E-state index in [1.165, 1.54) is 13.2 Å². The number of aromatic carboxylic acids is 1. The number of carboxylic acid groups (broad SMARTS) is 1. The van der Waals surface area contributed by atoms with E-state index in [1.807, 2.05) is 0 Å². The van der Waals surface area contributed by atoms with Crippen LogP contribution < -0.4 is 9.47 Å². The second-order valence-corrected chi connectivity index (χ2v) is 4.52. The molecule has 2 rings (SSSR count). The molecule has 19 heavy (non-hydrogen) atoms. The van der Waals surface area contributed by atoms with Crippen LogP contribution in [0.25, 0.3) is 11.3 Å². The minimum Gasteiger partial charge on any atom is -0.497 e. The van der Waals surface area contributed by atoms with Gasteiger partial charge in [0.05, 0.1) is 24.4 Å².